The zero-order valence-electron chi connectivity index (χ0n) is 16.3. The summed E-state index contributed by atoms with van der Waals surface area (Å²) in [5.41, 5.74) is 0.431. The van der Waals surface area contributed by atoms with E-state index in [0.29, 0.717) is 19.6 Å². The van der Waals surface area contributed by atoms with Crippen LogP contribution in [0.1, 0.15) is 47.1 Å². The van der Waals surface area contributed by atoms with Crippen LogP contribution < -0.4 is 4.90 Å². The topological polar surface area (TPSA) is 59.1 Å². The Morgan fingerprint density at radius 1 is 0.962 bits per heavy atom. The highest BCUT2D eigenvalue weighted by atomic mass is 79.9. The highest BCUT2D eigenvalue weighted by Crippen LogP contribution is 2.30. The van der Waals surface area contributed by atoms with E-state index in [4.69, 9.17) is 9.47 Å². The van der Waals surface area contributed by atoms with E-state index in [0.717, 1.165) is 15.7 Å². The molecule has 1 aliphatic heterocycles. The van der Waals surface area contributed by atoms with Crippen molar-refractivity contribution in [2.75, 3.05) is 18.0 Å². The molecule has 0 N–H and O–H groups in total. The largest absolute Gasteiger partial charge is 0.444 e. The van der Waals surface area contributed by atoms with Crippen LogP contribution >= 0.6 is 15.9 Å². The van der Waals surface area contributed by atoms with Crippen LogP contribution in [-0.2, 0) is 16.0 Å². The maximum absolute atomic E-state index is 12.7. The predicted molar refractivity (Wildman–Crippen MR) is 104 cm³/mol. The molecule has 144 valence electrons. The summed E-state index contributed by atoms with van der Waals surface area (Å²) < 4.78 is 11.9. The summed E-state index contributed by atoms with van der Waals surface area (Å²) in [6.45, 7) is 12.1. The van der Waals surface area contributed by atoms with E-state index in [1.807, 2.05) is 59.7 Å². The Balaban J connectivity index is 2.31. The fourth-order valence-corrected chi connectivity index (χ4v) is 2.97. The Bertz CT molecular complexity index is 692. The van der Waals surface area contributed by atoms with E-state index < -0.39 is 23.4 Å². The number of carbonyl (C=O) groups is 2. The lowest BCUT2D eigenvalue weighted by Gasteiger charge is -2.28. The summed E-state index contributed by atoms with van der Waals surface area (Å²) in [5.74, 6) is 0. The van der Waals surface area contributed by atoms with Gasteiger partial charge >= 0.3 is 12.2 Å². The van der Waals surface area contributed by atoms with E-state index in [2.05, 4.69) is 15.9 Å². The summed E-state index contributed by atoms with van der Waals surface area (Å²) in [6, 6.07) is 5.65. The number of hydrogen-bond acceptors (Lipinski definition) is 4. The first kappa shape index (κ1) is 20.6. The molecule has 0 atom stereocenters. The first-order valence-electron chi connectivity index (χ1n) is 8.62. The highest BCUT2D eigenvalue weighted by Gasteiger charge is 2.31. The molecule has 2 rings (SSSR count). The van der Waals surface area contributed by atoms with Gasteiger partial charge in [0, 0.05) is 17.6 Å². The molecule has 26 heavy (non-hydrogen) atoms. The Kier molecular flexibility index (Phi) is 5.90. The summed E-state index contributed by atoms with van der Waals surface area (Å²) in [6.07, 6.45) is -0.818. The number of hydrogen-bond donors (Lipinski definition) is 0. The standard InChI is InChI=1S/C19H27BrN2O4/c1-18(2,3)25-16(23)21-9-10-22(17(24)26-19(4,5)6)15-8-7-14(20)11-13(15)12-21/h7-8,11H,9-10,12H2,1-6H3. The third-order valence-corrected chi connectivity index (χ3v) is 4.05. The molecular weight excluding hydrogens is 400 g/mol. The van der Waals surface area contributed by atoms with Crippen LogP contribution in [0, 0.1) is 0 Å². The minimum absolute atomic E-state index is 0.336. The van der Waals surface area contributed by atoms with Crippen LogP contribution in [0.2, 0.25) is 0 Å². The molecule has 0 fully saturated rings. The Morgan fingerprint density at radius 2 is 1.54 bits per heavy atom. The zero-order valence-corrected chi connectivity index (χ0v) is 17.8. The lowest BCUT2D eigenvalue weighted by molar-refractivity contribution is 0.0238. The van der Waals surface area contributed by atoms with Crippen LogP contribution in [0.25, 0.3) is 0 Å². The molecule has 0 saturated heterocycles. The van der Waals surface area contributed by atoms with Gasteiger partial charge in [-0.05, 0) is 65.3 Å². The van der Waals surface area contributed by atoms with Crippen molar-refractivity contribution in [3.8, 4) is 0 Å². The van der Waals surface area contributed by atoms with E-state index in [-0.39, 0.29) is 0 Å². The molecule has 1 aromatic carbocycles. The van der Waals surface area contributed by atoms with Gasteiger partial charge in [0.25, 0.3) is 0 Å². The Labute approximate surface area is 163 Å². The molecule has 0 aliphatic carbocycles. The van der Waals surface area contributed by atoms with E-state index >= 15 is 0 Å². The van der Waals surface area contributed by atoms with Gasteiger partial charge in [-0.1, -0.05) is 15.9 Å². The third kappa shape index (κ3) is 5.62. The van der Waals surface area contributed by atoms with Gasteiger partial charge in [-0.3, -0.25) is 4.90 Å². The number of fused-ring (bicyclic) bond motifs is 1. The van der Waals surface area contributed by atoms with E-state index in [1.165, 1.54) is 0 Å². The van der Waals surface area contributed by atoms with Crippen LogP contribution in [0.5, 0.6) is 0 Å². The quantitative estimate of drug-likeness (QED) is 0.589. The van der Waals surface area contributed by atoms with Crippen molar-refractivity contribution in [3.05, 3.63) is 28.2 Å². The minimum Gasteiger partial charge on any atom is -0.444 e. The minimum atomic E-state index is -0.593. The average molecular weight is 427 g/mol. The van der Waals surface area contributed by atoms with Gasteiger partial charge in [-0.15, -0.1) is 0 Å². The maximum Gasteiger partial charge on any atom is 0.414 e. The molecule has 1 aromatic rings. The molecule has 0 radical (unpaired) electrons. The van der Waals surface area contributed by atoms with Gasteiger partial charge in [0.15, 0.2) is 0 Å². The van der Waals surface area contributed by atoms with Crippen molar-refractivity contribution in [1.29, 1.82) is 0 Å². The number of rotatable bonds is 0. The van der Waals surface area contributed by atoms with Crippen LogP contribution in [0.4, 0.5) is 15.3 Å². The smallest absolute Gasteiger partial charge is 0.414 e. The van der Waals surface area contributed by atoms with Crippen molar-refractivity contribution < 1.29 is 19.1 Å². The predicted octanol–water partition coefficient (Wildman–Crippen LogP) is 4.94. The number of amides is 2. The first-order valence-corrected chi connectivity index (χ1v) is 9.42. The third-order valence-electron chi connectivity index (χ3n) is 3.55. The molecule has 6 nitrogen and oxygen atoms in total. The van der Waals surface area contributed by atoms with Crippen LogP contribution in [-0.4, -0.2) is 41.4 Å². The Morgan fingerprint density at radius 3 is 2.12 bits per heavy atom. The van der Waals surface area contributed by atoms with Gasteiger partial charge in [0.1, 0.15) is 11.2 Å². The fraction of sp³-hybridized carbons (Fsp3) is 0.579. The first-order chi connectivity index (χ1) is 11.9. The lowest BCUT2D eigenvalue weighted by atomic mass is 10.1. The molecular formula is C19H27BrN2O4. The number of benzene rings is 1. The monoisotopic (exact) mass is 426 g/mol. The summed E-state index contributed by atoms with van der Waals surface area (Å²) >= 11 is 3.46. The molecule has 0 unspecified atom stereocenters. The van der Waals surface area contributed by atoms with Crippen LogP contribution in [0.15, 0.2) is 22.7 Å². The molecule has 0 bridgehead atoms. The van der Waals surface area contributed by atoms with Gasteiger partial charge < -0.3 is 14.4 Å². The van der Waals surface area contributed by atoms with Crippen molar-refractivity contribution >= 4 is 33.8 Å². The maximum atomic E-state index is 12.7. The number of nitrogens with zero attached hydrogens (tertiary/aromatic N) is 2. The molecule has 0 spiro atoms. The van der Waals surface area contributed by atoms with Crippen molar-refractivity contribution in [2.24, 2.45) is 0 Å². The molecule has 0 aromatic heterocycles. The summed E-state index contributed by atoms with van der Waals surface area (Å²) in [4.78, 5) is 28.4. The number of ether oxygens (including phenoxy) is 2. The summed E-state index contributed by atoms with van der Waals surface area (Å²) in [7, 11) is 0. The van der Waals surface area contributed by atoms with Crippen LogP contribution in [0.3, 0.4) is 0 Å². The number of halogens is 1. The molecule has 1 heterocycles. The van der Waals surface area contributed by atoms with Gasteiger partial charge in [0.2, 0.25) is 0 Å². The molecule has 1 aliphatic rings. The van der Waals surface area contributed by atoms with Gasteiger partial charge in [-0.25, -0.2) is 9.59 Å². The number of carbonyl (C=O) groups excluding carboxylic acids is 2. The van der Waals surface area contributed by atoms with Crippen molar-refractivity contribution in [1.82, 2.24) is 4.90 Å². The summed E-state index contributed by atoms with van der Waals surface area (Å²) in [5, 5.41) is 0. The van der Waals surface area contributed by atoms with E-state index in [1.54, 1.807) is 9.80 Å². The highest BCUT2D eigenvalue weighted by molar-refractivity contribution is 9.10. The second kappa shape index (κ2) is 7.47. The lowest BCUT2D eigenvalue weighted by Crippen LogP contribution is -2.42. The van der Waals surface area contributed by atoms with Crippen molar-refractivity contribution in [2.45, 2.75) is 59.3 Å². The zero-order chi connectivity index (χ0) is 19.7. The van der Waals surface area contributed by atoms with Gasteiger partial charge in [0.05, 0.1) is 12.2 Å². The van der Waals surface area contributed by atoms with Crippen molar-refractivity contribution in [3.63, 3.8) is 0 Å². The number of anilines is 1. The Hall–Kier alpha value is -1.76. The molecule has 7 heteroatoms. The van der Waals surface area contributed by atoms with Gasteiger partial charge in [-0.2, -0.15) is 0 Å². The second-order valence-corrected chi connectivity index (χ2v) is 9.22. The molecule has 0 saturated carbocycles. The second-order valence-electron chi connectivity index (χ2n) is 8.31. The molecule has 2 amide bonds. The average Bonchev–Trinajstić information content (AvgIpc) is 2.62. The fourth-order valence-electron chi connectivity index (χ4n) is 2.56. The SMILES string of the molecule is CC(C)(C)OC(=O)N1CCN(C(=O)OC(C)(C)C)c2ccc(Br)cc2C1. The van der Waals surface area contributed by atoms with E-state index in [9.17, 15) is 9.59 Å². The normalized spacial score (nSPS) is 15.2.